The summed E-state index contributed by atoms with van der Waals surface area (Å²) in [5.74, 6) is -0.106. The first kappa shape index (κ1) is 13.4. The first-order chi connectivity index (χ1) is 6.81. The van der Waals surface area contributed by atoms with Gasteiger partial charge in [-0.15, -0.1) is 0 Å². The Kier molecular flexibility index (Phi) is 10.1. The number of rotatable bonds is 9. The van der Waals surface area contributed by atoms with E-state index in [9.17, 15) is 4.79 Å². The summed E-state index contributed by atoms with van der Waals surface area (Å²) in [7, 11) is 0. The molecule has 0 saturated heterocycles. The van der Waals surface area contributed by atoms with Crippen molar-refractivity contribution in [2.75, 3.05) is 13.2 Å². The standard InChI is InChI=1S/C11H23NO2/c1-2-3-4-5-6-7-8-11(13)14-10-9-12/h2-10,12H2,1H3. The van der Waals surface area contributed by atoms with Crippen LogP contribution in [0.5, 0.6) is 0 Å². The summed E-state index contributed by atoms with van der Waals surface area (Å²) in [5, 5.41) is 0. The Morgan fingerprint density at radius 3 is 2.43 bits per heavy atom. The molecule has 84 valence electrons. The highest BCUT2D eigenvalue weighted by Crippen LogP contribution is 2.07. The second kappa shape index (κ2) is 10.5. The van der Waals surface area contributed by atoms with Crippen molar-refractivity contribution in [3.05, 3.63) is 0 Å². The van der Waals surface area contributed by atoms with E-state index in [-0.39, 0.29) is 5.97 Å². The number of hydrogen-bond acceptors (Lipinski definition) is 3. The number of carbonyl (C=O) groups excluding carboxylic acids is 1. The van der Waals surface area contributed by atoms with Crippen molar-refractivity contribution in [1.82, 2.24) is 0 Å². The fourth-order valence-electron chi connectivity index (χ4n) is 1.29. The summed E-state index contributed by atoms with van der Waals surface area (Å²) in [6.07, 6.45) is 7.72. The van der Waals surface area contributed by atoms with E-state index in [0.29, 0.717) is 19.6 Å². The smallest absolute Gasteiger partial charge is 0.305 e. The molecule has 0 aliphatic carbocycles. The molecule has 0 aromatic heterocycles. The van der Waals surface area contributed by atoms with Gasteiger partial charge < -0.3 is 10.5 Å². The van der Waals surface area contributed by atoms with Crippen molar-refractivity contribution in [3.63, 3.8) is 0 Å². The number of nitrogens with two attached hydrogens (primary N) is 1. The van der Waals surface area contributed by atoms with Gasteiger partial charge >= 0.3 is 5.97 Å². The number of carbonyl (C=O) groups is 1. The number of unbranched alkanes of at least 4 members (excludes halogenated alkanes) is 5. The lowest BCUT2D eigenvalue weighted by Gasteiger charge is -2.02. The number of ether oxygens (including phenoxy) is 1. The maximum absolute atomic E-state index is 11.0. The molecule has 0 fully saturated rings. The van der Waals surface area contributed by atoms with Crippen LogP contribution in [0.4, 0.5) is 0 Å². The van der Waals surface area contributed by atoms with Gasteiger partial charge in [0.1, 0.15) is 6.61 Å². The van der Waals surface area contributed by atoms with Crippen LogP contribution < -0.4 is 5.73 Å². The van der Waals surface area contributed by atoms with Crippen LogP contribution in [0.25, 0.3) is 0 Å². The van der Waals surface area contributed by atoms with E-state index in [1.54, 1.807) is 0 Å². The van der Waals surface area contributed by atoms with Crippen LogP contribution in [-0.2, 0) is 9.53 Å². The largest absolute Gasteiger partial charge is 0.464 e. The first-order valence-corrected chi connectivity index (χ1v) is 5.67. The summed E-state index contributed by atoms with van der Waals surface area (Å²) in [5.41, 5.74) is 5.21. The fourth-order valence-corrected chi connectivity index (χ4v) is 1.29. The Labute approximate surface area is 87.0 Å². The van der Waals surface area contributed by atoms with E-state index in [2.05, 4.69) is 6.92 Å². The lowest BCUT2D eigenvalue weighted by Crippen LogP contribution is -2.13. The molecule has 0 aliphatic rings. The lowest BCUT2D eigenvalue weighted by atomic mass is 10.1. The first-order valence-electron chi connectivity index (χ1n) is 5.67. The van der Waals surface area contributed by atoms with E-state index < -0.39 is 0 Å². The van der Waals surface area contributed by atoms with Crippen molar-refractivity contribution in [2.24, 2.45) is 5.73 Å². The van der Waals surface area contributed by atoms with Crippen LogP contribution in [0.3, 0.4) is 0 Å². The van der Waals surface area contributed by atoms with E-state index in [4.69, 9.17) is 10.5 Å². The summed E-state index contributed by atoms with van der Waals surface area (Å²) in [6.45, 7) is 2.97. The van der Waals surface area contributed by atoms with Crippen LogP contribution >= 0.6 is 0 Å². The molecule has 0 atom stereocenters. The van der Waals surface area contributed by atoms with E-state index in [1.807, 2.05) is 0 Å². The van der Waals surface area contributed by atoms with Crippen LogP contribution in [0.15, 0.2) is 0 Å². The van der Waals surface area contributed by atoms with Gasteiger partial charge in [-0.2, -0.15) is 0 Å². The molecule has 0 aromatic carbocycles. The highest BCUT2D eigenvalue weighted by Gasteiger charge is 2.00. The monoisotopic (exact) mass is 201 g/mol. The third-order valence-corrected chi connectivity index (χ3v) is 2.12. The minimum atomic E-state index is -0.106. The summed E-state index contributed by atoms with van der Waals surface area (Å²) in [6, 6.07) is 0. The maximum Gasteiger partial charge on any atom is 0.305 e. The third kappa shape index (κ3) is 9.52. The van der Waals surface area contributed by atoms with Gasteiger partial charge in [-0.3, -0.25) is 4.79 Å². The van der Waals surface area contributed by atoms with Gasteiger partial charge in [-0.1, -0.05) is 39.0 Å². The highest BCUT2D eigenvalue weighted by atomic mass is 16.5. The predicted molar refractivity (Wildman–Crippen MR) is 58.0 cm³/mol. The second-order valence-electron chi connectivity index (χ2n) is 3.53. The van der Waals surface area contributed by atoms with Gasteiger partial charge in [0.25, 0.3) is 0 Å². The fraction of sp³-hybridized carbons (Fsp3) is 0.909. The summed E-state index contributed by atoms with van der Waals surface area (Å²) in [4.78, 5) is 11.0. The van der Waals surface area contributed by atoms with Crippen LogP contribution in [0.1, 0.15) is 51.9 Å². The maximum atomic E-state index is 11.0. The molecule has 3 heteroatoms. The van der Waals surface area contributed by atoms with Gasteiger partial charge in [0.05, 0.1) is 0 Å². The van der Waals surface area contributed by atoms with Crippen molar-refractivity contribution in [2.45, 2.75) is 51.9 Å². The molecule has 3 nitrogen and oxygen atoms in total. The van der Waals surface area contributed by atoms with Gasteiger partial charge in [-0.25, -0.2) is 0 Å². The van der Waals surface area contributed by atoms with Crippen LogP contribution in [-0.4, -0.2) is 19.1 Å². The highest BCUT2D eigenvalue weighted by molar-refractivity contribution is 5.69. The van der Waals surface area contributed by atoms with Gasteiger partial charge in [0.15, 0.2) is 0 Å². The molecule has 0 aliphatic heterocycles. The summed E-state index contributed by atoms with van der Waals surface area (Å²) < 4.78 is 4.85. The average Bonchev–Trinajstić information content (AvgIpc) is 2.20. The van der Waals surface area contributed by atoms with Crippen molar-refractivity contribution >= 4 is 5.97 Å². The molecule has 0 bridgehead atoms. The van der Waals surface area contributed by atoms with E-state index in [1.165, 1.54) is 25.7 Å². The normalized spacial score (nSPS) is 10.1. The third-order valence-electron chi connectivity index (χ3n) is 2.12. The van der Waals surface area contributed by atoms with Crippen LogP contribution in [0.2, 0.25) is 0 Å². The van der Waals surface area contributed by atoms with Crippen molar-refractivity contribution in [3.8, 4) is 0 Å². The second-order valence-corrected chi connectivity index (χ2v) is 3.53. The number of hydrogen-bond donors (Lipinski definition) is 1. The molecule has 14 heavy (non-hydrogen) atoms. The zero-order valence-electron chi connectivity index (χ0n) is 9.26. The summed E-state index contributed by atoms with van der Waals surface area (Å²) >= 11 is 0. The average molecular weight is 201 g/mol. The Morgan fingerprint density at radius 1 is 1.14 bits per heavy atom. The van der Waals surface area contributed by atoms with E-state index in [0.717, 1.165) is 12.8 Å². The zero-order chi connectivity index (χ0) is 10.6. The Morgan fingerprint density at radius 2 is 1.79 bits per heavy atom. The van der Waals surface area contributed by atoms with Gasteiger partial charge in [-0.05, 0) is 6.42 Å². The van der Waals surface area contributed by atoms with Crippen molar-refractivity contribution < 1.29 is 9.53 Å². The molecule has 0 rings (SSSR count). The lowest BCUT2D eigenvalue weighted by molar-refractivity contribution is -0.143. The quantitative estimate of drug-likeness (QED) is 0.460. The Bertz CT molecular complexity index is 137. The van der Waals surface area contributed by atoms with Gasteiger partial charge in [0.2, 0.25) is 0 Å². The Balaban J connectivity index is 3.07. The number of esters is 1. The molecule has 0 heterocycles. The van der Waals surface area contributed by atoms with Crippen LogP contribution in [0, 0.1) is 0 Å². The molecule has 0 spiro atoms. The molecule has 0 aromatic rings. The molecule has 2 N–H and O–H groups in total. The Hall–Kier alpha value is -0.570. The minimum absolute atomic E-state index is 0.106. The molecule has 0 saturated carbocycles. The van der Waals surface area contributed by atoms with Crippen molar-refractivity contribution in [1.29, 1.82) is 0 Å². The zero-order valence-corrected chi connectivity index (χ0v) is 9.26. The SMILES string of the molecule is CCCCCCCCC(=O)OCCN. The predicted octanol–water partition coefficient (Wildman–Crippen LogP) is 2.24. The van der Waals surface area contributed by atoms with E-state index >= 15 is 0 Å². The molecule has 0 radical (unpaired) electrons. The minimum Gasteiger partial charge on any atom is -0.464 e. The van der Waals surface area contributed by atoms with Gasteiger partial charge in [0, 0.05) is 13.0 Å². The molecule has 0 amide bonds. The molecular weight excluding hydrogens is 178 g/mol. The topological polar surface area (TPSA) is 52.3 Å². The molecule has 0 unspecified atom stereocenters. The molecular formula is C11H23NO2.